The fourth-order valence-corrected chi connectivity index (χ4v) is 8.18. The van der Waals surface area contributed by atoms with Crippen LogP contribution < -0.4 is 16.3 Å². The van der Waals surface area contributed by atoms with Crippen LogP contribution in [-0.2, 0) is 16.1 Å². The molecular weight excluding hydrogens is 584 g/mol. The maximum absolute atomic E-state index is 16.0. The van der Waals surface area contributed by atoms with Crippen molar-refractivity contribution in [1.82, 2.24) is 24.2 Å². The summed E-state index contributed by atoms with van der Waals surface area (Å²) in [6.45, 7) is 6.13. The monoisotopic (exact) mass is 617 g/mol. The maximum Gasteiger partial charge on any atom is 0.338 e. The number of hydrogen-bond donors (Lipinski definition) is 2. The Hall–Kier alpha value is -3.48. The second-order valence-corrected chi connectivity index (χ2v) is 13.3. The van der Waals surface area contributed by atoms with Crippen LogP contribution in [-0.4, -0.2) is 49.0 Å². The molecule has 0 radical (unpaired) electrons. The van der Waals surface area contributed by atoms with Gasteiger partial charge in [0.05, 0.1) is 37.4 Å². The Morgan fingerprint density at radius 2 is 1.76 bits per heavy atom. The minimum Gasteiger partial charge on any atom is -0.385 e. The van der Waals surface area contributed by atoms with Crippen LogP contribution in [0.5, 0.6) is 0 Å². The van der Waals surface area contributed by atoms with E-state index >= 15 is 4.39 Å². The van der Waals surface area contributed by atoms with Gasteiger partial charge in [-0.15, -0.1) is 12.4 Å². The number of fused-ring (bicyclic) bond motifs is 1. The highest BCUT2D eigenvalue weighted by molar-refractivity contribution is 7.94. The molecule has 2 aliphatic rings. The molecule has 2 aromatic heterocycles. The zero-order valence-electron chi connectivity index (χ0n) is 24.1. The molecule has 9 nitrogen and oxygen atoms in total. The van der Waals surface area contributed by atoms with Crippen molar-refractivity contribution in [1.29, 1.82) is 0 Å². The van der Waals surface area contributed by atoms with Gasteiger partial charge in [-0.05, 0) is 69.0 Å². The molecule has 6 rings (SSSR count). The summed E-state index contributed by atoms with van der Waals surface area (Å²) < 4.78 is 52.7. The highest BCUT2D eigenvalue weighted by Crippen LogP contribution is 2.40. The smallest absolute Gasteiger partial charge is 0.338 e. The third kappa shape index (κ3) is 4.56. The average molecular weight is 618 g/mol. The van der Waals surface area contributed by atoms with E-state index in [1.54, 1.807) is 50.0 Å². The van der Waals surface area contributed by atoms with Crippen molar-refractivity contribution in [3.8, 4) is 17.2 Å². The fourth-order valence-electron chi connectivity index (χ4n) is 5.81. The topological polar surface area (TPSA) is 98.2 Å². The van der Waals surface area contributed by atoms with Gasteiger partial charge in [-0.2, -0.15) is 5.10 Å². The Morgan fingerprint density at radius 3 is 2.38 bits per heavy atom. The lowest BCUT2D eigenvalue weighted by atomic mass is 10.0. The zero-order chi connectivity index (χ0) is 29.2. The molecule has 224 valence electrons. The van der Waals surface area contributed by atoms with Gasteiger partial charge in [-0.1, -0.05) is 0 Å². The Morgan fingerprint density at radius 1 is 1.10 bits per heavy atom. The minimum absolute atomic E-state index is 0. The summed E-state index contributed by atoms with van der Waals surface area (Å²) >= 11 is 0. The van der Waals surface area contributed by atoms with Crippen molar-refractivity contribution < 1.29 is 13.0 Å². The van der Waals surface area contributed by atoms with E-state index in [9.17, 15) is 13.4 Å². The number of nitrogens with one attached hydrogen (secondary N) is 2. The largest absolute Gasteiger partial charge is 0.385 e. The summed E-state index contributed by atoms with van der Waals surface area (Å²) in [4.78, 5) is 14.3. The number of aryl methyl sites for hydroxylation is 2. The molecule has 42 heavy (non-hydrogen) atoms. The van der Waals surface area contributed by atoms with Crippen LogP contribution in [0.1, 0.15) is 48.2 Å². The molecule has 2 N–H and O–H groups in total. The minimum atomic E-state index is -2.79. The number of benzene rings is 2. The Kier molecular flexibility index (Phi) is 7.84. The van der Waals surface area contributed by atoms with Crippen molar-refractivity contribution in [3.05, 3.63) is 81.2 Å². The SMILES string of the molecule is CN=S(=O)(c1ccc(-n2ccn(-c3c4c(nn3-c3cc(C)c(F)c(C)c3)CCN[C@H]4C)c2=O)c(F)c1NC)C1CC1.Cl. The van der Waals surface area contributed by atoms with Gasteiger partial charge < -0.3 is 10.6 Å². The molecule has 1 fully saturated rings. The first-order chi connectivity index (χ1) is 19.6. The van der Waals surface area contributed by atoms with Crippen molar-refractivity contribution in [2.75, 3.05) is 26.0 Å². The summed E-state index contributed by atoms with van der Waals surface area (Å²) in [6, 6.07) is 6.40. The molecule has 1 aliphatic carbocycles. The van der Waals surface area contributed by atoms with Gasteiger partial charge in [-0.3, -0.25) is 9.13 Å². The van der Waals surface area contributed by atoms with Crippen LogP contribution in [0, 0.1) is 25.5 Å². The summed E-state index contributed by atoms with van der Waals surface area (Å²) in [7, 11) is 0.270. The molecule has 2 aromatic carbocycles. The van der Waals surface area contributed by atoms with E-state index in [1.165, 1.54) is 28.4 Å². The lowest BCUT2D eigenvalue weighted by Gasteiger charge is -2.21. The number of rotatable bonds is 6. The summed E-state index contributed by atoms with van der Waals surface area (Å²) in [5, 5.41) is 11.0. The molecule has 13 heteroatoms. The molecule has 0 bridgehead atoms. The second-order valence-electron chi connectivity index (χ2n) is 10.7. The summed E-state index contributed by atoms with van der Waals surface area (Å²) in [5.41, 5.74) is 2.87. The summed E-state index contributed by atoms with van der Waals surface area (Å²) in [6.07, 6.45) is 5.32. The van der Waals surface area contributed by atoms with E-state index in [2.05, 4.69) is 15.0 Å². The fraction of sp³-hybridized carbons (Fsp3) is 0.379. The van der Waals surface area contributed by atoms with Crippen molar-refractivity contribution >= 4 is 27.8 Å². The lowest BCUT2D eigenvalue weighted by molar-refractivity contribution is 0.536. The van der Waals surface area contributed by atoms with Crippen LogP contribution in [0.4, 0.5) is 14.5 Å². The van der Waals surface area contributed by atoms with Crippen LogP contribution in [0.25, 0.3) is 17.2 Å². The number of imidazole rings is 1. The third-order valence-corrected chi connectivity index (χ3v) is 10.9. The quantitative estimate of drug-likeness (QED) is 0.317. The molecule has 1 saturated carbocycles. The molecule has 4 aromatic rings. The standard InChI is InChI=1S/C29H33F2N7O2S.ClH/c1-16-14-19(15-17(2)25(16)30)38-28(24-18(3)34-11-10-21(24)35-38)37-13-12-36(29(37)39)22-8-9-23(27(32-4)26(22)31)41(40,33-5)20-6-7-20;/h8-9,12-15,18,20,32,34H,6-7,10-11H2,1-5H3;1H/t18-,41?;/m0./s1. The Bertz CT molecular complexity index is 1860. The lowest BCUT2D eigenvalue weighted by Crippen LogP contribution is -2.30. The summed E-state index contributed by atoms with van der Waals surface area (Å²) in [5.74, 6) is -0.454. The Balaban J connectivity index is 0.00000353. The second kappa shape index (κ2) is 11.0. The molecular formula is C29H34ClF2N7O2S. The predicted octanol–water partition coefficient (Wildman–Crippen LogP) is 5.00. The number of hydrogen-bond acceptors (Lipinski definition) is 6. The van der Waals surface area contributed by atoms with E-state index in [-0.39, 0.29) is 40.9 Å². The molecule has 1 aliphatic heterocycles. The normalized spacial score (nSPS) is 17.7. The number of halogens is 3. The van der Waals surface area contributed by atoms with Gasteiger partial charge >= 0.3 is 5.69 Å². The van der Waals surface area contributed by atoms with Gasteiger partial charge in [0.25, 0.3) is 0 Å². The number of aromatic nitrogens is 4. The van der Waals surface area contributed by atoms with Crippen molar-refractivity contribution in [3.63, 3.8) is 0 Å². The van der Waals surface area contributed by atoms with Gasteiger partial charge in [-0.25, -0.2) is 26.8 Å². The van der Waals surface area contributed by atoms with E-state index in [4.69, 9.17) is 5.10 Å². The molecule has 3 heterocycles. The molecule has 0 amide bonds. The van der Waals surface area contributed by atoms with Gasteiger partial charge in [0, 0.05) is 56.3 Å². The van der Waals surface area contributed by atoms with Crippen LogP contribution in [0.3, 0.4) is 0 Å². The van der Waals surface area contributed by atoms with E-state index in [0.717, 1.165) is 30.6 Å². The third-order valence-electron chi connectivity index (χ3n) is 8.04. The van der Waals surface area contributed by atoms with Crippen LogP contribution in [0.2, 0.25) is 0 Å². The van der Waals surface area contributed by atoms with Gasteiger partial charge in [0.15, 0.2) is 5.82 Å². The van der Waals surface area contributed by atoms with E-state index < -0.39 is 21.2 Å². The highest BCUT2D eigenvalue weighted by Gasteiger charge is 2.37. The van der Waals surface area contributed by atoms with E-state index in [0.29, 0.717) is 33.9 Å². The average Bonchev–Trinajstić information content (AvgIpc) is 3.65. The first kappa shape index (κ1) is 30.0. The molecule has 0 saturated heterocycles. The molecule has 1 unspecified atom stereocenters. The molecule has 2 atom stereocenters. The number of nitrogens with zero attached hydrogens (tertiary/aromatic N) is 5. The van der Waals surface area contributed by atoms with Crippen molar-refractivity contribution in [2.24, 2.45) is 4.36 Å². The van der Waals surface area contributed by atoms with Gasteiger partial charge in [0.2, 0.25) is 0 Å². The Labute approximate surface area is 249 Å². The highest BCUT2D eigenvalue weighted by atomic mass is 35.5. The van der Waals surface area contributed by atoms with Crippen molar-refractivity contribution in [2.45, 2.75) is 56.2 Å². The number of anilines is 1. The molecule has 0 spiro atoms. The first-order valence-corrected chi connectivity index (χ1v) is 15.3. The zero-order valence-corrected chi connectivity index (χ0v) is 25.7. The van der Waals surface area contributed by atoms with E-state index in [1.807, 2.05) is 6.92 Å². The van der Waals surface area contributed by atoms with Gasteiger partial charge in [0.1, 0.15) is 11.6 Å². The first-order valence-electron chi connectivity index (χ1n) is 13.7. The van der Waals surface area contributed by atoms with Crippen LogP contribution >= 0.6 is 12.4 Å². The maximum atomic E-state index is 16.0. The predicted molar refractivity (Wildman–Crippen MR) is 163 cm³/mol. The van der Waals surface area contributed by atoms with Crippen LogP contribution in [0.15, 0.2) is 50.7 Å².